The first-order valence-corrected chi connectivity index (χ1v) is 8.30. The predicted molar refractivity (Wildman–Crippen MR) is 78.4 cm³/mol. The van der Waals surface area contributed by atoms with Gasteiger partial charge in [0.05, 0.1) is 5.60 Å². The van der Waals surface area contributed by atoms with E-state index in [0.717, 1.165) is 18.1 Å². The van der Waals surface area contributed by atoms with Gasteiger partial charge in [0.1, 0.15) is 0 Å². The number of methoxy groups -OCH3 is 1. The van der Waals surface area contributed by atoms with Crippen LogP contribution in [0.5, 0.6) is 0 Å². The molecule has 3 aliphatic rings. The van der Waals surface area contributed by atoms with E-state index in [1.165, 1.54) is 64.5 Å². The van der Waals surface area contributed by atoms with Crippen molar-refractivity contribution in [1.82, 2.24) is 10.2 Å². The van der Waals surface area contributed by atoms with Crippen LogP contribution in [0.3, 0.4) is 0 Å². The third-order valence-electron chi connectivity index (χ3n) is 5.74. The number of nitrogens with zero attached hydrogens (tertiary/aromatic N) is 1. The van der Waals surface area contributed by atoms with E-state index in [4.69, 9.17) is 4.74 Å². The van der Waals surface area contributed by atoms with E-state index < -0.39 is 0 Å². The summed E-state index contributed by atoms with van der Waals surface area (Å²) in [5, 5.41) is 3.74. The Labute approximate surface area is 118 Å². The number of fused-ring (bicyclic) bond motifs is 2. The molecular formula is C16H30N2O. The Hall–Kier alpha value is -0.120. The molecule has 0 radical (unpaired) electrons. The highest BCUT2D eigenvalue weighted by Crippen LogP contribution is 2.42. The lowest BCUT2D eigenvalue weighted by atomic mass is 9.78. The van der Waals surface area contributed by atoms with Crippen LogP contribution in [-0.4, -0.2) is 48.8 Å². The maximum Gasteiger partial charge on any atom is 0.0805 e. The third kappa shape index (κ3) is 2.70. The highest BCUT2D eigenvalue weighted by atomic mass is 16.5. The summed E-state index contributed by atoms with van der Waals surface area (Å²) in [6.45, 7) is 4.64. The van der Waals surface area contributed by atoms with Crippen molar-refractivity contribution < 1.29 is 4.74 Å². The quantitative estimate of drug-likeness (QED) is 0.799. The maximum absolute atomic E-state index is 5.84. The third-order valence-corrected chi connectivity index (χ3v) is 5.74. The van der Waals surface area contributed by atoms with Gasteiger partial charge in [0.25, 0.3) is 0 Å². The van der Waals surface area contributed by atoms with Crippen LogP contribution in [0, 0.1) is 0 Å². The number of hydrogen-bond acceptors (Lipinski definition) is 3. The molecule has 3 nitrogen and oxygen atoms in total. The lowest BCUT2D eigenvalue weighted by Crippen LogP contribution is -2.56. The van der Waals surface area contributed by atoms with Crippen molar-refractivity contribution in [2.45, 2.75) is 82.0 Å². The van der Waals surface area contributed by atoms with Crippen molar-refractivity contribution in [2.75, 3.05) is 20.2 Å². The van der Waals surface area contributed by atoms with E-state index in [1.807, 2.05) is 7.11 Å². The SMILES string of the molecule is CCCNC1CC2CCC(C1)N2CC1(OC)CCC1. The summed E-state index contributed by atoms with van der Waals surface area (Å²) in [5.74, 6) is 0. The molecule has 1 aliphatic carbocycles. The van der Waals surface area contributed by atoms with Crippen molar-refractivity contribution in [3.8, 4) is 0 Å². The fraction of sp³-hybridized carbons (Fsp3) is 1.00. The highest BCUT2D eigenvalue weighted by molar-refractivity contribution is 5.02. The van der Waals surface area contributed by atoms with Gasteiger partial charge in [0, 0.05) is 31.8 Å². The summed E-state index contributed by atoms with van der Waals surface area (Å²) >= 11 is 0. The van der Waals surface area contributed by atoms with Crippen molar-refractivity contribution in [2.24, 2.45) is 0 Å². The molecule has 2 bridgehead atoms. The molecule has 0 aromatic heterocycles. The number of hydrogen-bond donors (Lipinski definition) is 1. The second-order valence-corrected chi connectivity index (χ2v) is 6.92. The zero-order valence-electron chi connectivity index (χ0n) is 12.7. The molecule has 2 heterocycles. The van der Waals surface area contributed by atoms with Gasteiger partial charge in [-0.15, -0.1) is 0 Å². The Bertz CT molecular complexity index is 284. The van der Waals surface area contributed by atoms with Crippen molar-refractivity contribution in [3.63, 3.8) is 0 Å². The number of nitrogens with one attached hydrogen (secondary N) is 1. The summed E-state index contributed by atoms with van der Waals surface area (Å²) in [6, 6.07) is 2.41. The fourth-order valence-electron chi connectivity index (χ4n) is 4.38. The molecule has 1 saturated carbocycles. The summed E-state index contributed by atoms with van der Waals surface area (Å²) in [5.41, 5.74) is 0.213. The molecule has 0 aromatic carbocycles. The topological polar surface area (TPSA) is 24.5 Å². The first kappa shape index (κ1) is 13.8. The van der Waals surface area contributed by atoms with E-state index in [9.17, 15) is 0 Å². The monoisotopic (exact) mass is 266 g/mol. The van der Waals surface area contributed by atoms with Gasteiger partial charge in [-0.25, -0.2) is 0 Å². The molecular weight excluding hydrogens is 236 g/mol. The summed E-state index contributed by atoms with van der Waals surface area (Å²) in [6.07, 6.45) is 10.7. The predicted octanol–water partition coefficient (Wildman–Crippen LogP) is 2.55. The smallest absolute Gasteiger partial charge is 0.0805 e. The molecule has 110 valence electrons. The van der Waals surface area contributed by atoms with Crippen molar-refractivity contribution in [1.29, 1.82) is 0 Å². The number of ether oxygens (including phenoxy) is 1. The average molecular weight is 266 g/mol. The Morgan fingerprint density at radius 1 is 1.21 bits per heavy atom. The zero-order chi connectivity index (χ0) is 13.3. The Morgan fingerprint density at radius 3 is 2.37 bits per heavy atom. The fourth-order valence-corrected chi connectivity index (χ4v) is 4.38. The Morgan fingerprint density at radius 2 is 1.89 bits per heavy atom. The second-order valence-electron chi connectivity index (χ2n) is 6.92. The average Bonchev–Trinajstić information content (AvgIpc) is 2.61. The lowest BCUT2D eigenvalue weighted by molar-refractivity contribution is -0.104. The normalized spacial score (nSPS) is 37.3. The molecule has 2 unspecified atom stereocenters. The second kappa shape index (κ2) is 5.71. The van der Waals surface area contributed by atoms with Crippen LogP contribution in [0.2, 0.25) is 0 Å². The summed E-state index contributed by atoms with van der Waals surface area (Å²) in [7, 11) is 1.91. The van der Waals surface area contributed by atoms with Gasteiger partial charge in [-0.1, -0.05) is 6.92 Å². The van der Waals surface area contributed by atoms with Crippen LogP contribution in [0.25, 0.3) is 0 Å². The van der Waals surface area contributed by atoms with E-state index in [2.05, 4.69) is 17.1 Å². The number of piperidine rings is 1. The maximum atomic E-state index is 5.84. The van der Waals surface area contributed by atoms with E-state index >= 15 is 0 Å². The van der Waals surface area contributed by atoms with E-state index in [1.54, 1.807) is 0 Å². The minimum absolute atomic E-state index is 0.213. The standard InChI is InChI=1S/C16H30N2O/c1-3-9-17-13-10-14-5-6-15(11-13)18(14)12-16(19-2)7-4-8-16/h13-15,17H,3-12H2,1-2H3. The molecule has 0 amide bonds. The molecule has 3 fully saturated rings. The molecule has 0 spiro atoms. The minimum atomic E-state index is 0.213. The molecule has 19 heavy (non-hydrogen) atoms. The van der Waals surface area contributed by atoms with Gasteiger partial charge in [0.15, 0.2) is 0 Å². The van der Waals surface area contributed by atoms with E-state index in [-0.39, 0.29) is 5.60 Å². The molecule has 3 heteroatoms. The highest BCUT2D eigenvalue weighted by Gasteiger charge is 2.46. The molecule has 1 N–H and O–H groups in total. The van der Waals surface area contributed by atoms with Crippen LogP contribution in [0.1, 0.15) is 58.3 Å². The van der Waals surface area contributed by atoms with Gasteiger partial charge in [-0.3, -0.25) is 4.90 Å². The first-order valence-electron chi connectivity index (χ1n) is 8.30. The first-order chi connectivity index (χ1) is 9.26. The number of rotatable bonds is 6. The summed E-state index contributed by atoms with van der Waals surface area (Å²) < 4.78 is 5.84. The van der Waals surface area contributed by atoms with Gasteiger partial charge in [-0.2, -0.15) is 0 Å². The van der Waals surface area contributed by atoms with Crippen molar-refractivity contribution >= 4 is 0 Å². The summed E-state index contributed by atoms with van der Waals surface area (Å²) in [4.78, 5) is 2.80. The molecule has 2 atom stereocenters. The van der Waals surface area contributed by atoms with Crippen LogP contribution in [0.15, 0.2) is 0 Å². The lowest BCUT2D eigenvalue weighted by Gasteiger charge is -2.48. The zero-order valence-corrected chi connectivity index (χ0v) is 12.7. The van der Waals surface area contributed by atoms with Crippen LogP contribution in [-0.2, 0) is 4.74 Å². The van der Waals surface area contributed by atoms with Gasteiger partial charge in [0.2, 0.25) is 0 Å². The van der Waals surface area contributed by atoms with Gasteiger partial charge < -0.3 is 10.1 Å². The molecule has 2 saturated heterocycles. The van der Waals surface area contributed by atoms with E-state index in [0.29, 0.717) is 0 Å². The molecule has 2 aliphatic heterocycles. The molecule has 0 aromatic rings. The van der Waals surface area contributed by atoms with Crippen LogP contribution >= 0.6 is 0 Å². The van der Waals surface area contributed by atoms with Crippen LogP contribution in [0.4, 0.5) is 0 Å². The molecule has 3 rings (SSSR count). The largest absolute Gasteiger partial charge is 0.377 e. The van der Waals surface area contributed by atoms with Gasteiger partial charge in [-0.05, 0) is 57.9 Å². The minimum Gasteiger partial charge on any atom is -0.377 e. The van der Waals surface area contributed by atoms with Crippen LogP contribution < -0.4 is 5.32 Å². The van der Waals surface area contributed by atoms with Gasteiger partial charge >= 0.3 is 0 Å². The van der Waals surface area contributed by atoms with Crippen molar-refractivity contribution in [3.05, 3.63) is 0 Å². The Balaban J connectivity index is 1.57. The Kier molecular flexibility index (Phi) is 4.16.